The van der Waals surface area contributed by atoms with Gasteiger partial charge < -0.3 is 14.6 Å². The lowest BCUT2D eigenvalue weighted by Crippen LogP contribution is -2.32. The fourth-order valence-electron chi connectivity index (χ4n) is 3.20. The highest BCUT2D eigenvalue weighted by molar-refractivity contribution is 5.29. The molecule has 0 radical (unpaired) electrons. The zero-order chi connectivity index (χ0) is 15.0. The molecule has 3 heterocycles. The van der Waals surface area contributed by atoms with E-state index in [9.17, 15) is 0 Å². The number of nitrogens with one attached hydrogen (secondary N) is 1. The second-order valence-electron chi connectivity index (χ2n) is 5.89. The fourth-order valence-corrected chi connectivity index (χ4v) is 3.20. The number of aromatic nitrogens is 3. The second-order valence-corrected chi connectivity index (χ2v) is 5.89. The highest BCUT2D eigenvalue weighted by Gasteiger charge is 2.33. The van der Waals surface area contributed by atoms with Gasteiger partial charge in [-0.15, -0.1) is 0 Å². The lowest BCUT2D eigenvalue weighted by atomic mass is 10.0. The summed E-state index contributed by atoms with van der Waals surface area (Å²) in [6, 6.07) is 4.58. The van der Waals surface area contributed by atoms with Crippen molar-refractivity contribution in [2.45, 2.75) is 39.0 Å². The molecule has 3 rings (SSSR count). The summed E-state index contributed by atoms with van der Waals surface area (Å²) < 4.78 is 10.1. The quantitative estimate of drug-likeness (QED) is 0.936. The van der Waals surface area contributed by atoms with Crippen molar-refractivity contribution in [3.63, 3.8) is 0 Å². The van der Waals surface area contributed by atoms with Gasteiger partial charge in [0.1, 0.15) is 6.10 Å². The number of aryl methyl sites for hydroxylation is 3. The van der Waals surface area contributed by atoms with Crippen LogP contribution >= 0.6 is 0 Å². The van der Waals surface area contributed by atoms with Gasteiger partial charge in [0, 0.05) is 56.4 Å². The summed E-state index contributed by atoms with van der Waals surface area (Å²) in [6.07, 6.45) is 3.23. The van der Waals surface area contributed by atoms with Crippen LogP contribution in [0, 0.1) is 13.8 Å². The summed E-state index contributed by atoms with van der Waals surface area (Å²) >= 11 is 0. The monoisotopic (exact) mass is 288 g/mol. The lowest BCUT2D eigenvalue weighted by Gasteiger charge is -2.21. The van der Waals surface area contributed by atoms with Crippen LogP contribution in [0.4, 0.5) is 0 Å². The molecular formula is C16H24N4O. The third kappa shape index (κ3) is 2.63. The molecule has 114 valence electrons. The summed E-state index contributed by atoms with van der Waals surface area (Å²) in [6.45, 7) is 5.86. The van der Waals surface area contributed by atoms with Crippen molar-refractivity contribution in [1.82, 2.24) is 19.7 Å². The molecule has 0 saturated carbocycles. The smallest absolute Gasteiger partial charge is 0.101 e. The predicted octanol–water partition coefficient (Wildman–Crippen LogP) is 2.00. The van der Waals surface area contributed by atoms with Crippen molar-refractivity contribution in [2.75, 3.05) is 6.61 Å². The first-order valence-electron chi connectivity index (χ1n) is 7.53. The standard InChI is InChI=1S/C16H24N4O/c1-11-15(12(2)20(4)18-11)16-14(7-9-21-16)17-10-13-6-5-8-19(13)3/h5-6,8,14,16-17H,7,9-10H2,1-4H3/t14-,16-/m0/s1. The van der Waals surface area contributed by atoms with Crippen molar-refractivity contribution in [3.05, 3.63) is 41.0 Å². The predicted molar refractivity (Wildman–Crippen MR) is 82.0 cm³/mol. The van der Waals surface area contributed by atoms with Crippen LogP contribution in [-0.4, -0.2) is 27.0 Å². The van der Waals surface area contributed by atoms with E-state index in [1.54, 1.807) is 0 Å². The normalized spacial score (nSPS) is 22.1. The number of rotatable bonds is 4. The van der Waals surface area contributed by atoms with Gasteiger partial charge in [0.25, 0.3) is 0 Å². The summed E-state index contributed by atoms with van der Waals surface area (Å²) in [5.74, 6) is 0. The van der Waals surface area contributed by atoms with Gasteiger partial charge in [-0.25, -0.2) is 0 Å². The Morgan fingerprint density at radius 2 is 2.19 bits per heavy atom. The van der Waals surface area contributed by atoms with Crippen LogP contribution in [0.25, 0.3) is 0 Å². The van der Waals surface area contributed by atoms with Crippen LogP contribution in [0.2, 0.25) is 0 Å². The number of hydrogen-bond donors (Lipinski definition) is 1. The Hall–Kier alpha value is -1.59. The molecule has 5 heteroatoms. The first-order chi connectivity index (χ1) is 10.1. The third-order valence-corrected chi connectivity index (χ3v) is 4.54. The summed E-state index contributed by atoms with van der Waals surface area (Å²) in [5.41, 5.74) is 4.82. The molecule has 2 aromatic heterocycles. The average molecular weight is 288 g/mol. The van der Waals surface area contributed by atoms with Crippen molar-refractivity contribution in [3.8, 4) is 0 Å². The Balaban J connectivity index is 1.75. The van der Waals surface area contributed by atoms with E-state index >= 15 is 0 Å². The summed E-state index contributed by atoms with van der Waals surface area (Å²) in [5, 5.41) is 8.17. The van der Waals surface area contributed by atoms with Crippen molar-refractivity contribution in [2.24, 2.45) is 14.1 Å². The van der Waals surface area contributed by atoms with Crippen molar-refractivity contribution >= 4 is 0 Å². The molecule has 0 bridgehead atoms. The van der Waals surface area contributed by atoms with Crippen LogP contribution in [0.1, 0.15) is 35.2 Å². The first kappa shape index (κ1) is 14.4. The maximum atomic E-state index is 6.00. The van der Waals surface area contributed by atoms with Gasteiger partial charge in [0.2, 0.25) is 0 Å². The maximum Gasteiger partial charge on any atom is 0.101 e. The van der Waals surface area contributed by atoms with Gasteiger partial charge in [0.05, 0.1) is 5.69 Å². The minimum absolute atomic E-state index is 0.110. The Morgan fingerprint density at radius 3 is 2.81 bits per heavy atom. The van der Waals surface area contributed by atoms with Crippen LogP contribution in [0.5, 0.6) is 0 Å². The lowest BCUT2D eigenvalue weighted by molar-refractivity contribution is 0.0973. The van der Waals surface area contributed by atoms with E-state index in [-0.39, 0.29) is 6.10 Å². The zero-order valence-corrected chi connectivity index (χ0v) is 13.3. The highest BCUT2D eigenvalue weighted by Crippen LogP contribution is 2.33. The molecule has 1 fully saturated rings. The molecule has 21 heavy (non-hydrogen) atoms. The molecule has 2 aromatic rings. The van der Waals surface area contributed by atoms with E-state index < -0.39 is 0 Å². The summed E-state index contributed by atoms with van der Waals surface area (Å²) in [4.78, 5) is 0. The molecule has 2 atom stereocenters. The van der Waals surface area contributed by atoms with E-state index in [0.717, 1.165) is 25.3 Å². The molecule has 1 aliphatic rings. The van der Waals surface area contributed by atoms with Gasteiger partial charge in [0.15, 0.2) is 0 Å². The largest absolute Gasteiger partial charge is 0.372 e. The number of ether oxygens (including phenoxy) is 1. The van der Waals surface area contributed by atoms with Crippen LogP contribution in [0.15, 0.2) is 18.3 Å². The second kappa shape index (κ2) is 5.66. The molecule has 0 amide bonds. The minimum Gasteiger partial charge on any atom is -0.372 e. The Labute approximate surface area is 125 Å². The average Bonchev–Trinajstić information content (AvgIpc) is 3.10. The fraction of sp³-hybridized carbons (Fsp3) is 0.562. The number of nitrogens with zero attached hydrogens (tertiary/aromatic N) is 3. The summed E-state index contributed by atoms with van der Waals surface area (Å²) in [7, 11) is 4.07. The molecule has 0 aliphatic carbocycles. The third-order valence-electron chi connectivity index (χ3n) is 4.54. The van der Waals surface area contributed by atoms with Gasteiger partial charge in [-0.05, 0) is 32.4 Å². The van der Waals surface area contributed by atoms with Crippen LogP contribution in [0.3, 0.4) is 0 Å². The van der Waals surface area contributed by atoms with Gasteiger partial charge in [-0.1, -0.05) is 0 Å². The first-order valence-corrected chi connectivity index (χ1v) is 7.53. The van der Waals surface area contributed by atoms with E-state index in [2.05, 4.69) is 54.2 Å². The molecule has 1 saturated heterocycles. The van der Waals surface area contributed by atoms with Crippen molar-refractivity contribution in [1.29, 1.82) is 0 Å². The molecule has 5 nitrogen and oxygen atoms in total. The van der Waals surface area contributed by atoms with E-state index in [1.165, 1.54) is 17.0 Å². The van der Waals surface area contributed by atoms with Gasteiger partial charge >= 0.3 is 0 Å². The zero-order valence-electron chi connectivity index (χ0n) is 13.3. The Bertz CT molecular complexity index is 628. The maximum absolute atomic E-state index is 6.00. The van der Waals surface area contributed by atoms with E-state index in [4.69, 9.17) is 4.74 Å². The molecule has 0 unspecified atom stereocenters. The Morgan fingerprint density at radius 1 is 1.38 bits per heavy atom. The molecule has 1 N–H and O–H groups in total. The highest BCUT2D eigenvalue weighted by atomic mass is 16.5. The molecule has 0 spiro atoms. The van der Waals surface area contributed by atoms with E-state index in [1.807, 2.05) is 11.7 Å². The molecule has 1 aliphatic heterocycles. The van der Waals surface area contributed by atoms with Gasteiger partial charge in [-0.3, -0.25) is 4.68 Å². The van der Waals surface area contributed by atoms with Crippen molar-refractivity contribution < 1.29 is 4.74 Å². The minimum atomic E-state index is 0.110. The topological polar surface area (TPSA) is 44.0 Å². The molecular weight excluding hydrogens is 264 g/mol. The SMILES string of the molecule is Cc1nn(C)c(C)c1[C@H]1OCC[C@@H]1NCc1cccn1C. The van der Waals surface area contributed by atoms with Gasteiger partial charge in [-0.2, -0.15) is 5.10 Å². The Kier molecular flexibility index (Phi) is 3.87. The molecule has 0 aromatic carbocycles. The van der Waals surface area contributed by atoms with Crippen LogP contribution in [-0.2, 0) is 25.4 Å². The number of hydrogen-bond acceptors (Lipinski definition) is 3. The van der Waals surface area contributed by atoms with E-state index in [0.29, 0.717) is 6.04 Å². The van der Waals surface area contributed by atoms with Crippen LogP contribution < -0.4 is 5.32 Å².